The number of benzene rings is 2. The first-order valence-electron chi connectivity index (χ1n) is 10.0. The van der Waals surface area contributed by atoms with Crippen LogP contribution in [0.4, 0.5) is 5.00 Å². The number of carbonyl (C=O) groups excluding carboxylic acids is 2. The van der Waals surface area contributed by atoms with E-state index in [1.807, 2.05) is 68.4 Å². The molecule has 0 spiro atoms. The molecule has 0 aliphatic rings. The minimum absolute atomic E-state index is 0.281. The highest BCUT2D eigenvalue weighted by Crippen LogP contribution is 2.33. The first-order valence-corrected chi connectivity index (χ1v) is 10.8. The van der Waals surface area contributed by atoms with Gasteiger partial charge in [0.25, 0.3) is 0 Å². The van der Waals surface area contributed by atoms with Gasteiger partial charge in [0.2, 0.25) is 5.91 Å². The summed E-state index contributed by atoms with van der Waals surface area (Å²) in [6.07, 6.45) is 3.15. The number of rotatable bonds is 8. The van der Waals surface area contributed by atoms with E-state index in [1.54, 1.807) is 13.0 Å². The molecular formula is C25H25NO4S. The van der Waals surface area contributed by atoms with Crippen LogP contribution in [0.3, 0.4) is 0 Å². The fraction of sp³-hybridized carbons (Fsp3) is 0.200. The summed E-state index contributed by atoms with van der Waals surface area (Å²) in [5, 5.41) is 3.31. The molecule has 0 aliphatic carbocycles. The smallest absolute Gasteiger partial charge is 0.341 e. The topological polar surface area (TPSA) is 64.6 Å². The Balaban J connectivity index is 1.65. The summed E-state index contributed by atoms with van der Waals surface area (Å²) < 4.78 is 11.0. The number of anilines is 1. The lowest BCUT2D eigenvalue weighted by atomic mass is 10.1. The number of aryl methyl sites for hydroxylation is 1. The van der Waals surface area contributed by atoms with E-state index in [4.69, 9.17) is 9.47 Å². The van der Waals surface area contributed by atoms with Crippen molar-refractivity contribution in [3.63, 3.8) is 0 Å². The summed E-state index contributed by atoms with van der Waals surface area (Å²) in [5.74, 6) is -0.0187. The Bertz CT molecular complexity index is 1090. The first kappa shape index (κ1) is 22.3. The molecule has 1 N–H and O–H groups in total. The molecule has 0 atom stereocenters. The minimum atomic E-state index is -0.424. The van der Waals surface area contributed by atoms with E-state index in [9.17, 15) is 9.59 Å². The van der Waals surface area contributed by atoms with Gasteiger partial charge in [0.15, 0.2) is 0 Å². The predicted molar refractivity (Wildman–Crippen MR) is 125 cm³/mol. The Hall–Kier alpha value is -3.38. The number of nitrogens with one attached hydrogen (secondary N) is 1. The molecule has 6 heteroatoms. The Morgan fingerprint density at radius 3 is 2.58 bits per heavy atom. The predicted octanol–water partition coefficient (Wildman–Crippen LogP) is 5.77. The van der Waals surface area contributed by atoms with Crippen LogP contribution in [0.2, 0.25) is 0 Å². The molecule has 0 saturated heterocycles. The molecule has 160 valence electrons. The minimum Gasteiger partial charge on any atom is -0.489 e. The van der Waals surface area contributed by atoms with E-state index >= 15 is 0 Å². The summed E-state index contributed by atoms with van der Waals surface area (Å²) in [7, 11) is 0. The summed E-state index contributed by atoms with van der Waals surface area (Å²) in [5.41, 5.74) is 3.17. The Morgan fingerprint density at radius 2 is 1.84 bits per heavy atom. The zero-order chi connectivity index (χ0) is 22.2. The van der Waals surface area contributed by atoms with Gasteiger partial charge in [-0.2, -0.15) is 0 Å². The normalized spacial score (nSPS) is 10.8. The van der Waals surface area contributed by atoms with Crippen molar-refractivity contribution in [2.45, 2.75) is 27.4 Å². The molecule has 1 aromatic heterocycles. The van der Waals surface area contributed by atoms with E-state index in [0.717, 1.165) is 27.3 Å². The zero-order valence-corrected chi connectivity index (χ0v) is 18.6. The van der Waals surface area contributed by atoms with Gasteiger partial charge in [0.1, 0.15) is 17.4 Å². The van der Waals surface area contributed by atoms with Gasteiger partial charge in [-0.25, -0.2) is 4.79 Å². The molecule has 3 rings (SSSR count). The molecule has 2 aromatic carbocycles. The van der Waals surface area contributed by atoms with Crippen molar-refractivity contribution in [1.29, 1.82) is 0 Å². The van der Waals surface area contributed by atoms with Gasteiger partial charge in [0.05, 0.1) is 12.2 Å². The summed E-state index contributed by atoms with van der Waals surface area (Å²) in [6, 6.07) is 17.4. The maximum atomic E-state index is 12.5. The molecule has 0 aliphatic heterocycles. The molecule has 0 fully saturated rings. The summed E-state index contributed by atoms with van der Waals surface area (Å²) >= 11 is 1.37. The molecular weight excluding hydrogens is 410 g/mol. The van der Waals surface area contributed by atoms with E-state index in [2.05, 4.69) is 5.32 Å². The number of amides is 1. The van der Waals surface area contributed by atoms with E-state index in [1.165, 1.54) is 17.4 Å². The number of ether oxygens (including phenoxy) is 2. The van der Waals surface area contributed by atoms with Crippen LogP contribution in [-0.4, -0.2) is 18.5 Å². The van der Waals surface area contributed by atoms with Gasteiger partial charge in [-0.3, -0.25) is 4.79 Å². The van der Waals surface area contributed by atoms with Crippen molar-refractivity contribution in [3.8, 4) is 5.75 Å². The second-order valence-corrected chi connectivity index (χ2v) is 8.10. The second kappa shape index (κ2) is 10.6. The van der Waals surface area contributed by atoms with Crippen molar-refractivity contribution >= 4 is 34.3 Å². The van der Waals surface area contributed by atoms with Gasteiger partial charge in [-0.1, -0.05) is 42.5 Å². The van der Waals surface area contributed by atoms with Crippen LogP contribution < -0.4 is 10.1 Å². The van der Waals surface area contributed by atoms with Crippen LogP contribution in [-0.2, 0) is 16.1 Å². The molecule has 1 amide bonds. The van der Waals surface area contributed by atoms with Gasteiger partial charge >= 0.3 is 5.97 Å². The molecule has 0 unspecified atom stereocenters. The van der Waals surface area contributed by atoms with E-state index < -0.39 is 5.97 Å². The highest BCUT2D eigenvalue weighted by atomic mass is 32.1. The van der Waals surface area contributed by atoms with Crippen LogP contribution >= 0.6 is 11.3 Å². The second-order valence-electron chi connectivity index (χ2n) is 6.88. The monoisotopic (exact) mass is 435 g/mol. The zero-order valence-electron chi connectivity index (χ0n) is 17.8. The van der Waals surface area contributed by atoms with Crippen LogP contribution in [0.1, 0.15) is 38.8 Å². The van der Waals surface area contributed by atoms with Gasteiger partial charge in [0, 0.05) is 11.0 Å². The number of thiophene rings is 1. The van der Waals surface area contributed by atoms with Crippen LogP contribution in [0.25, 0.3) is 6.08 Å². The fourth-order valence-electron chi connectivity index (χ4n) is 2.94. The van der Waals surface area contributed by atoms with Crippen molar-refractivity contribution in [1.82, 2.24) is 0 Å². The fourth-order valence-corrected chi connectivity index (χ4v) is 3.99. The lowest BCUT2D eigenvalue weighted by molar-refractivity contribution is -0.111. The van der Waals surface area contributed by atoms with Crippen molar-refractivity contribution < 1.29 is 19.1 Å². The molecule has 0 saturated carbocycles. The summed E-state index contributed by atoms with van der Waals surface area (Å²) in [4.78, 5) is 25.7. The van der Waals surface area contributed by atoms with Crippen molar-refractivity contribution in [3.05, 3.63) is 87.8 Å². The Labute approximate surface area is 186 Å². The molecule has 1 heterocycles. The SMILES string of the molecule is CCOC(=O)c1c(NC(=O)/C=C/c2cccc(OCc3ccccc3)c2)sc(C)c1C. The third-order valence-electron chi connectivity index (χ3n) is 4.64. The summed E-state index contributed by atoms with van der Waals surface area (Å²) in [6.45, 7) is 6.27. The lowest BCUT2D eigenvalue weighted by Crippen LogP contribution is -2.12. The van der Waals surface area contributed by atoms with Crippen LogP contribution in [0, 0.1) is 13.8 Å². The third-order valence-corrected chi connectivity index (χ3v) is 5.76. The highest BCUT2D eigenvalue weighted by Gasteiger charge is 2.21. The van der Waals surface area contributed by atoms with E-state index in [-0.39, 0.29) is 12.5 Å². The van der Waals surface area contributed by atoms with Crippen LogP contribution in [0.5, 0.6) is 5.75 Å². The standard InChI is InChI=1S/C25H25NO4S/c1-4-29-25(28)23-17(2)18(3)31-24(23)26-22(27)14-13-19-11-8-12-21(15-19)30-16-20-9-6-5-7-10-20/h5-15H,4,16H2,1-3H3,(H,26,27)/b14-13+. The molecule has 3 aromatic rings. The van der Waals surface area contributed by atoms with Crippen molar-refractivity contribution in [2.24, 2.45) is 0 Å². The quantitative estimate of drug-likeness (QED) is 0.360. The largest absolute Gasteiger partial charge is 0.489 e. The van der Waals surface area contributed by atoms with Gasteiger partial charge in [-0.05, 0) is 55.7 Å². The highest BCUT2D eigenvalue weighted by molar-refractivity contribution is 7.16. The van der Waals surface area contributed by atoms with E-state index in [0.29, 0.717) is 17.2 Å². The third kappa shape index (κ3) is 6.06. The Morgan fingerprint density at radius 1 is 1.06 bits per heavy atom. The lowest BCUT2D eigenvalue weighted by Gasteiger charge is -2.07. The Kier molecular flexibility index (Phi) is 7.62. The average Bonchev–Trinajstić information content (AvgIpc) is 3.05. The molecule has 5 nitrogen and oxygen atoms in total. The van der Waals surface area contributed by atoms with Gasteiger partial charge < -0.3 is 14.8 Å². The number of hydrogen-bond donors (Lipinski definition) is 1. The molecule has 0 bridgehead atoms. The number of hydrogen-bond acceptors (Lipinski definition) is 5. The van der Waals surface area contributed by atoms with Crippen LogP contribution in [0.15, 0.2) is 60.7 Å². The molecule has 0 radical (unpaired) electrons. The number of esters is 1. The van der Waals surface area contributed by atoms with Gasteiger partial charge in [-0.15, -0.1) is 11.3 Å². The molecule has 31 heavy (non-hydrogen) atoms. The maximum Gasteiger partial charge on any atom is 0.341 e. The van der Waals surface area contributed by atoms with Crippen molar-refractivity contribution in [2.75, 3.05) is 11.9 Å². The number of carbonyl (C=O) groups is 2. The maximum absolute atomic E-state index is 12.5. The average molecular weight is 436 g/mol. The first-order chi connectivity index (χ1) is 15.0.